The fourth-order valence-corrected chi connectivity index (χ4v) is 3.76. The van der Waals surface area contributed by atoms with E-state index in [0.717, 1.165) is 27.7 Å². The molecule has 0 unspecified atom stereocenters. The van der Waals surface area contributed by atoms with Crippen LogP contribution in [0.5, 0.6) is 0 Å². The summed E-state index contributed by atoms with van der Waals surface area (Å²) in [5, 5.41) is 4.53. The molecule has 7 nitrogen and oxygen atoms in total. The van der Waals surface area contributed by atoms with Gasteiger partial charge in [-0.2, -0.15) is 0 Å². The average molecular weight is 382 g/mol. The van der Waals surface area contributed by atoms with Crippen LogP contribution < -0.4 is 10.9 Å². The number of carbonyl (C=O) groups excluding carboxylic acids is 2. The van der Waals surface area contributed by atoms with Gasteiger partial charge in [0.1, 0.15) is 16.9 Å². The number of fused-ring (bicyclic) bond motifs is 2. The van der Waals surface area contributed by atoms with Crippen molar-refractivity contribution in [2.75, 3.05) is 19.6 Å². The molecule has 2 amide bonds. The lowest BCUT2D eigenvalue weighted by molar-refractivity contribution is -0.138. The zero-order valence-corrected chi connectivity index (χ0v) is 16.2. The summed E-state index contributed by atoms with van der Waals surface area (Å²) in [5.74, 6) is 0.544. The number of piperazine rings is 1. The van der Waals surface area contributed by atoms with Gasteiger partial charge >= 0.3 is 5.63 Å². The first kappa shape index (κ1) is 18.3. The number of benzene rings is 1. The Hall–Kier alpha value is -3.09. The molecule has 0 atom stereocenters. The van der Waals surface area contributed by atoms with Gasteiger partial charge in [-0.1, -0.05) is 0 Å². The predicted molar refractivity (Wildman–Crippen MR) is 104 cm³/mol. The van der Waals surface area contributed by atoms with E-state index in [2.05, 4.69) is 5.32 Å². The number of rotatable bonds is 3. The quantitative estimate of drug-likeness (QED) is 0.702. The van der Waals surface area contributed by atoms with E-state index in [1.165, 1.54) is 4.90 Å². The van der Waals surface area contributed by atoms with Gasteiger partial charge in [0.05, 0.1) is 6.54 Å². The summed E-state index contributed by atoms with van der Waals surface area (Å²) in [6.07, 6.45) is 0.443. The summed E-state index contributed by atoms with van der Waals surface area (Å²) in [5.41, 5.74) is 3.11. The number of hydrogen-bond acceptors (Lipinski definition) is 5. The highest BCUT2D eigenvalue weighted by atomic mass is 16.4. The summed E-state index contributed by atoms with van der Waals surface area (Å²) < 4.78 is 11.2. The van der Waals surface area contributed by atoms with Gasteiger partial charge in [0.25, 0.3) is 0 Å². The lowest BCUT2D eigenvalue weighted by Crippen LogP contribution is -2.50. The van der Waals surface area contributed by atoms with E-state index < -0.39 is 5.63 Å². The lowest BCUT2D eigenvalue weighted by atomic mass is 10.00. The SMILES string of the molecule is Cc1oc2cc3oc(=O)c(CCC(=O)N4CCNC(=O)C4)c(C)c3cc2c1C. The van der Waals surface area contributed by atoms with Crippen molar-refractivity contribution < 1.29 is 18.4 Å². The molecule has 146 valence electrons. The van der Waals surface area contributed by atoms with Crippen LogP contribution in [0, 0.1) is 20.8 Å². The molecule has 0 bridgehead atoms. The number of aryl methyl sites for hydroxylation is 3. The van der Waals surface area contributed by atoms with Crippen molar-refractivity contribution >= 4 is 33.8 Å². The predicted octanol–water partition coefficient (Wildman–Crippen LogP) is 2.36. The zero-order valence-electron chi connectivity index (χ0n) is 16.2. The average Bonchev–Trinajstić information content (AvgIpc) is 2.93. The Morgan fingerprint density at radius 3 is 2.54 bits per heavy atom. The van der Waals surface area contributed by atoms with Gasteiger partial charge in [-0.05, 0) is 44.4 Å². The third-order valence-electron chi connectivity index (χ3n) is 5.56. The molecule has 0 radical (unpaired) electrons. The minimum atomic E-state index is -0.437. The summed E-state index contributed by atoms with van der Waals surface area (Å²) in [4.78, 5) is 37.9. The van der Waals surface area contributed by atoms with Crippen LogP contribution in [0.3, 0.4) is 0 Å². The molecule has 3 aromatic rings. The van der Waals surface area contributed by atoms with Gasteiger partial charge in [-0.25, -0.2) is 4.79 Å². The van der Waals surface area contributed by atoms with E-state index in [4.69, 9.17) is 8.83 Å². The van der Waals surface area contributed by atoms with E-state index >= 15 is 0 Å². The van der Waals surface area contributed by atoms with Crippen LogP contribution >= 0.6 is 0 Å². The first-order valence-electron chi connectivity index (χ1n) is 9.35. The Balaban J connectivity index is 1.66. The van der Waals surface area contributed by atoms with Crippen molar-refractivity contribution in [2.24, 2.45) is 0 Å². The molecule has 3 heterocycles. The van der Waals surface area contributed by atoms with Crippen LogP contribution in [-0.2, 0) is 16.0 Å². The highest BCUT2D eigenvalue weighted by molar-refractivity contribution is 5.96. The minimum Gasteiger partial charge on any atom is -0.461 e. The van der Waals surface area contributed by atoms with Crippen molar-refractivity contribution in [1.82, 2.24) is 10.2 Å². The summed E-state index contributed by atoms with van der Waals surface area (Å²) in [7, 11) is 0. The fourth-order valence-electron chi connectivity index (χ4n) is 3.76. The van der Waals surface area contributed by atoms with Crippen LogP contribution in [0.2, 0.25) is 0 Å². The second kappa shape index (κ2) is 6.82. The third kappa shape index (κ3) is 3.06. The van der Waals surface area contributed by atoms with Crippen LogP contribution in [0.1, 0.15) is 28.9 Å². The van der Waals surface area contributed by atoms with Crippen LogP contribution in [0.25, 0.3) is 21.9 Å². The molecule has 0 aliphatic carbocycles. The van der Waals surface area contributed by atoms with Gasteiger partial charge in [-0.15, -0.1) is 0 Å². The number of hydrogen-bond donors (Lipinski definition) is 1. The van der Waals surface area contributed by atoms with Gasteiger partial charge in [-0.3, -0.25) is 9.59 Å². The molecule has 1 N–H and O–H groups in total. The van der Waals surface area contributed by atoms with Crippen molar-refractivity contribution in [3.05, 3.63) is 45.0 Å². The normalized spacial score (nSPS) is 14.7. The molecule has 1 aliphatic heterocycles. The lowest BCUT2D eigenvalue weighted by Gasteiger charge is -2.26. The molecule has 0 spiro atoms. The molecule has 28 heavy (non-hydrogen) atoms. The highest BCUT2D eigenvalue weighted by Crippen LogP contribution is 2.31. The van der Waals surface area contributed by atoms with Crippen molar-refractivity contribution in [3.63, 3.8) is 0 Å². The minimum absolute atomic E-state index is 0.0707. The van der Waals surface area contributed by atoms with Gasteiger partial charge in [0, 0.05) is 41.9 Å². The zero-order chi connectivity index (χ0) is 20.0. The molecular formula is C21H22N2O5. The van der Waals surface area contributed by atoms with Crippen LogP contribution in [0.15, 0.2) is 25.8 Å². The fraction of sp³-hybridized carbons (Fsp3) is 0.381. The van der Waals surface area contributed by atoms with Crippen molar-refractivity contribution in [3.8, 4) is 0 Å². The smallest absolute Gasteiger partial charge is 0.339 e. The topological polar surface area (TPSA) is 92.8 Å². The summed E-state index contributed by atoms with van der Waals surface area (Å²) >= 11 is 0. The first-order chi connectivity index (χ1) is 13.3. The van der Waals surface area contributed by atoms with Crippen molar-refractivity contribution in [1.29, 1.82) is 0 Å². The summed E-state index contributed by atoms with van der Waals surface area (Å²) in [6, 6.07) is 3.73. The molecule has 1 aliphatic rings. The Bertz CT molecular complexity index is 1170. The number of furan rings is 1. The van der Waals surface area contributed by atoms with E-state index in [9.17, 15) is 14.4 Å². The van der Waals surface area contributed by atoms with E-state index in [1.807, 2.05) is 26.8 Å². The number of nitrogens with one attached hydrogen (secondary N) is 1. The Kier molecular flexibility index (Phi) is 4.45. The summed E-state index contributed by atoms with van der Waals surface area (Å²) in [6.45, 7) is 6.80. The number of amides is 2. The maximum atomic E-state index is 12.5. The van der Waals surface area contributed by atoms with Crippen LogP contribution in [-0.4, -0.2) is 36.3 Å². The highest BCUT2D eigenvalue weighted by Gasteiger charge is 2.22. The first-order valence-corrected chi connectivity index (χ1v) is 9.35. The van der Waals surface area contributed by atoms with Gasteiger partial charge < -0.3 is 19.1 Å². The second-order valence-electron chi connectivity index (χ2n) is 7.29. The molecule has 0 saturated carbocycles. The molecule has 2 aromatic heterocycles. The number of nitrogens with zero attached hydrogens (tertiary/aromatic N) is 1. The maximum absolute atomic E-state index is 12.5. The Labute approximate surface area is 161 Å². The Morgan fingerprint density at radius 2 is 1.79 bits per heavy atom. The van der Waals surface area contributed by atoms with Crippen LogP contribution in [0.4, 0.5) is 0 Å². The third-order valence-corrected chi connectivity index (χ3v) is 5.56. The standard InChI is InChI=1S/C21H22N2O5/c1-11-13(3)27-17-9-18-16(8-15(11)17)12(2)14(21(26)28-18)4-5-20(25)23-7-6-22-19(24)10-23/h8-9H,4-7,10H2,1-3H3,(H,22,24). The number of carbonyl (C=O) groups is 2. The van der Waals surface area contributed by atoms with Crippen molar-refractivity contribution in [2.45, 2.75) is 33.6 Å². The van der Waals surface area contributed by atoms with E-state index in [-0.39, 0.29) is 31.2 Å². The second-order valence-corrected chi connectivity index (χ2v) is 7.29. The molecular weight excluding hydrogens is 360 g/mol. The molecule has 7 heteroatoms. The van der Waals surface area contributed by atoms with Gasteiger partial charge in [0.2, 0.25) is 11.8 Å². The maximum Gasteiger partial charge on any atom is 0.339 e. The molecule has 1 aromatic carbocycles. The van der Waals surface area contributed by atoms with Gasteiger partial charge in [0.15, 0.2) is 0 Å². The Morgan fingerprint density at radius 1 is 1.07 bits per heavy atom. The molecule has 1 fully saturated rings. The molecule has 4 rings (SSSR count). The monoisotopic (exact) mass is 382 g/mol. The van der Waals surface area contributed by atoms with E-state index in [0.29, 0.717) is 29.8 Å². The van der Waals surface area contributed by atoms with E-state index in [1.54, 1.807) is 6.07 Å². The largest absolute Gasteiger partial charge is 0.461 e. The molecule has 1 saturated heterocycles.